The van der Waals surface area contributed by atoms with Gasteiger partial charge >= 0.3 is 0 Å². The Hall–Kier alpha value is -0.570. The molecule has 1 amide bonds. The molecule has 0 bridgehead atoms. The van der Waals surface area contributed by atoms with Crippen LogP contribution in [-0.4, -0.2) is 42.5 Å². The van der Waals surface area contributed by atoms with E-state index in [1.54, 1.807) is 0 Å². The zero-order valence-electron chi connectivity index (χ0n) is 9.62. The molecule has 0 N–H and O–H groups in total. The summed E-state index contributed by atoms with van der Waals surface area (Å²) in [6.45, 7) is 3.08. The van der Waals surface area contributed by atoms with Gasteiger partial charge in [-0.05, 0) is 33.4 Å². The number of nitrogens with zero attached hydrogens (tertiary/aromatic N) is 2. The fourth-order valence-electron chi connectivity index (χ4n) is 2.18. The van der Waals surface area contributed by atoms with Crippen LogP contribution in [0.4, 0.5) is 0 Å². The predicted octanol–water partition coefficient (Wildman–Crippen LogP) is 1.69. The third-order valence-electron chi connectivity index (χ3n) is 2.93. The van der Waals surface area contributed by atoms with E-state index in [-0.39, 0.29) is 0 Å². The summed E-state index contributed by atoms with van der Waals surface area (Å²) >= 11 is 0. The Labute approximate surface area is 87.1 Å². The summed E-state index contributed by atoms with van der Waals surface area (Å²) in [6, 6.07) is 0. The maximum atomic E-state index is 11.8. The molecule has 1 fully saturated rings. The van der Waals surface area contributed by atoms with Gasteiger partial charge in [0.15, 0.2) is 0 Å². The van der Waals surface area contributed by atoms with Gasteiger partial charge in [0.2, 0.25) is 5.91 Å². The summed E-state index contributed by atoms with van der Waals surface area (Å²) in [6.07, 6.45) is 5.48. The summed E-state index contributed by atoms with van der Waals surface area (Å²) in [5, 5.41) is 0. The van der Waals surface area contributed by atoms with Crippen LogP contribution in [0.1, 0.15) is 39.0 Å². The van der Waals surface area contributed by atoms with Crippen molar-refractivity contribution in [3.8, 4) is 0 Å². The average Bonchev–Trinajstić information content (AvgIpc) is 2.33. The van der Waals surface area contributed by atoms with E-state index in [1.807, 2.05) is 19.0 Å². The highest BCUT2D eigenvalue weighted by Crippen LogP contribution is 2.16. The van der Waals surface area contributed by atoms with Crippen LogP contribution < -0.4 is 0 Å². The van der Waals surface area contributed by atoms with Gasteiger partial charge in [-0.3, -0.25) is 9.69 Å². The molecule has 3 heteroatoms. The van der Waals surface area contributed by atoms with Gasteiger partial charge in [0.25, 0.3) is 0 Å². The maximum absolute atomic E-state index is 11.8. The van der Waals surface area contributed by atoms with Crippen molar-refractivity contribution in [1.29, 1.82) is 0 Å². The van der Waals surface area contributed by atoms with E-state index in [0.717, 1.165) is 32.2 Å². The molecule has 0 spiro atoms. The van der Waals surface area contributed by atoms with E-state index in [2.05, 4.69) is 11.8 Å². The normalized spacial score (nSPS) is 21.1. The van der Waals surface area contributed by atoms with E-state index in [9.17, 15) is 4.79 Å². The largest absolute Gasteiger partial charge is 0.327 e. The summed E-state index contributed by atoms with van der Waals surface area (Å²) < 4.78 is 0. The van der Waals surface area contributed by atoms with Crippen molar-refractivity contribution in [2.75, 3.05) is 20.6 Å². The second-order valence-corrected chi connectivity index (χ2v) is 4.25. The van der Waals surface area contributed by atoms with Crippen molar-refractivity contribution in [3.63, 3.8) is 0 Å². The predicted molar refractivity (Wildman–Crippen MR) is 57.9 cm³/mol. The van der Waals surface area contributed by atoms with Crippen LogP contribution >= 0.6 is 0 Å². The van der Waals surface area contributed by atoms with E-state index in [0.29, 0.717) is 12.1 Å². The number of rotatable bonds is 3. The Bertz CT molecular complexity index is 192. The van der Waals surface area contributed by atoms with Crippen LogP contribution in [0.5, 0.6) is 0 Å². The molecule has 0 radical (unpaired) electrons. The molecule has 0 aromatic carbocycles. The third-order valence-corrected chi connectivity index (χ3v) is 2.93. The number of hydrogen-bond acceptors (Lipinski definition) is 2. The van der Waals surface area contributed by atoms with Gasteiger partial charge in [0.05, 0.1) is 6.17 Å². The van der Waals surface area contributed by atoms with Crippen molar-refractivity contribution in [3.05, 3.63) is 0 Å². The fourth-order valence-corrected chi connectivity index (χ4v) is 2.18. The van der Waals surface area contributed by atoms with Crippen molar-refractivity contribution < 1.29 is 4.79 Å². The Morgan fingerprint density at radius 3 is 2.64 bits per heavy atom. The number of carbonyl (C=O) groups is 1. The average molecular weight is 198 g/mol. The first-order valence-electron chi connectivity index (χ1n) is 5.62. The van der Waals surface area contributed by atoms with E-state index >= 15 is 0 Å². The SMILES string of the molecule is CCC(N(C)C)N1CCCCCC1=O. The highest BCUT2D eigenvalue weighted by molar-refractivity contribution is 5.76. The minimum absolute atomic E-state index is 0.292. The number of amides is 1. The van der Waals surface area contributed by atoms with Crippen LogP contribution in [0, 0.1) is 0 Å². The summed E-state index contributed by atoms with van der Waals surface area (Å²) in [5.41, 5.74) is 0. The zero-order valence-corrected chi connectivity index (χ0v) is 9.62. The molecule has 14 heavy (non-hydrogen) atoms. The lowest BCUT2D eigenvalue weighted by Gasteiger charge is -2.34. The minimum Gasteiger partial charge on any atom is -0.327 e. The highest BCUT2D eigenvalue weighted by Gasteiger charge is 2.24. The molecule has 3 nitrogen and oxygen atoms in total. The topological polar surface area (TPSA) is 23.6 Å². The van der Waals surface area contributed by atoms with Crippen molar-refractivity contribution >= 4 is 5.91 Å². The number of hydrogen-bond donors (Lipinski definition) is 0. The summed E-state index contributed by atoms with van der Waals surface area (Å²) in [5.74, 6) is 0.336. The van der Waals surface area contributed by atoms with E-state index in [1.165, 1.54) is 6.42 Å². The monoisotopic (exact) mass is 198 g/mol. The van der Waals surface area contributed by atoms with Gasteiger partial charge in [0, 0.05) is 13.0 Å². The maximum Gasteiger partial charge on any atom is 0.223 e. The third kappa shape index (κ3) is 2.71. The summed E-state index contributed by atoms with van der Waals surface area (Å²) in [4.78, 5) is 16.0. The molecule has 0 aliphatic carbocycles. The second kappa shape index (κ2) is 5.35. The molecule has 1 aliphatic rings. The molecule has 1 atom stereocenters. The quantitative estimate of drug-likeness (QED) is 0.689. The summed E-state index contributed by atoms with van der Waals surface area (Å²) in [7, 11) is 4.10. The molecule has 82 valence electrons. The minimum atomic E-state index is 0.292. The second-order valence-electron chi connectivity index (χ2n) is 4.25. The van der Waals surface area contributed by atoms with Crippen LogP contribution in [0.15, 0.2) is 0 Å². The lowest BCUT2D eigenvalue weighted by molar-refractivity contribution is -0.136. The van der Waals surface area contributed by atoms with Crippen LogP contribution in [0.25, 0.3) is 0 Å². The molecule has 1 saturated heterocycles. The molecule has 1 rings (SSSR count). The molecule has 1 aliphatic heterocycles. The Morgan fingerprint density at radius 1 is 1.36 bits per heavy atom. The Kier molecular flexibility index (Phi) is 4.39. The molecule has 1 unspecified atom stereocenters. The van der Waals surface area contributed by atoms with Crippen LogP contribution in [0.3, 0.4) is 0 Å². The first-order valence-corrected chi connectivity index (χ1v) is 5.62. The van der Waals surface area contributed by atoms with Gasteiger partial charge in [-0.15, -0.1) is 0 Å². The van der Waals surface area contributed by atoms with Crippen molar-refractivity contribution in [2.24, 2.45) is 0 Å². The molecule has 1 heterocycles. The van der Waals surface area contributed by atoms with E-state index in [4.69, 9.17) is 0 Å². The molecular formula is C11H22N2O. The molecular weight excluding hydrogens is 176 g/mol. The molecule has 0 aromatic rings. The van der Waals surface area contributed by atoms with Gasteiger partial charge in [-0.2, -0.15) is 0 Å². The first-order chi connectivity index (χ1) is 6.66. The van der Waals surface area contributed by atoms with E-state index < -0.39 is 0 Å². The molecule has 0 saturated carbocycles. The Balaban J connectivity index is 2.65. The van der Waals surface area contributed by atoms with Gasteiger partial charge in [-0.1, -0.05) is 13.3 Å². The standard InChI is InChI=1S/C11H22N2O/c1-4-10(12(2)3)13-9-7-5-6-8-11(13)14/h10H,4-9H2,1-3H3. The smallest absolute Gasteiger partial charge is 0.223 e. The van der Waals surface area contributed by atoms with Gasteiger partial charge in [0.1, 0.15) is 0 Å². The lowest BCUT2D eigenvalue weighted by atomic mass is 10.2. The number of carbonyl (C=O) groups excluding carboxylic acids is 1. The van der Waals surface area contributed by atoms with Crippen LogP contribution in [0.2, 0.25) is 0 Å². The van der Waals surface area contributed by atoms with Crippen molar-refractivity contribution in [2.45, 2.75) is 45.2 Å². The first kappa shape index (κ1) is 11.5. The Morgan fingerprint density at radius 2 is 2.07 bits per heavy atom. The lowest BCUT2D eigenvalue weighted by Crippen LogP contribution is -2.47. The molecule has 0 aromatic heterocycles. The van der Waals surface area contributed by atoms with Crippen molar-refractivity contribution in [1.82, 2.24) is 9.80 Å². The van der Waals surface area contributed by atoms with Crippen LogP contribution in [-0.2, 0) is 4.79 Å². The zero-order chi connectivity index (χ0) is 10.6. The number of likely N-dealkylation sites (tertiary alicyclic amines) is 1. The highest BCUT2D eigenvalue weighted by atomic mass is 16.2. The fraction of sp³-hybridized carbons (Fsp3) is 0.909. The van der Waals surface area contributed by atoms with Gasteiger partial charge in [-0.25, -0.2) is 0 Å². The van der Waals surface area contributed by atoms with Gasteiger partial charge < -0.3 is 4.90 Å².